The van der Waals surface area contributed by atoms with Crippen molar-refractivity contribution in [3.8, 4) is 0 Å². The van der Waals surface area contributed by atoms with Crippen molar-refractivity contribution in [2.75, 3.05) is 6.54 Å². The Morgan fingerprint density at radius 1 is 1.26 bits per heavy atom. The van der Waals surface area contributed by atoms with Gasteiger partial charge in [0.05, 0.1) is 5.41 Å². The molecule has 1 saturated heterocycles. The largest absolute Gasteiger partial charge is 0.396 e. The molecule has 2 atom stereocenters. The monoisotopic (exact) mass is 278 g/mol. The summed E-state index contributed by atoms with van der Waals surface area (Å²) in [6.45, 7) is 2.02. The Kier molecular flexibility index (Phi) is 3.26. The van der Waals surface area contributed by atoms with Gasteiger partial charge in [0.25, 0.3) is 0 Å². The first-order chi connectivity index (χ1) is 8.69. The lowest BCUT2D eigenvalue weighted by Gasteiger charge is -2.43. The van der Waals surface area contributed by atoms with Crippen molar-refractivity contribution in [3.05, 3.63) is 0 Å². The quantitative estimate of drug-likeness (QED) is 0.738. The van der Waals surface area contributed by atoms with Crippen LogP contribution >= 0.6 is 0 Å². The highest BCUT2D eigenvalue weighted by molar-refractivity contribution is 6.34. The number of amides is 2. The van der Waals surface area contributed by atoms with Gasteiger partial charge >= 0.3 is 18.0 Å². The van der Waals surface area contributed by atoms with Crippen LogP contribution in [0.1, 0.15) is 32.6 Å². The fourth-order valence-electron chi connectivity index (χ4n) is 3.03. The van der Waals surface area contributed by atoms with E-state index in [1.165, 1.54) is 0 Å². The van der Waals surface area contributed by atoms with Crippen molar-refractivity contribution in [3.63, 3.8) is 0 Å². The van der Waals surface area contributed by atoms with Gasteiger partial charge in [-0.1, -0.05) is 6.92 Å². The Morgan fingerprint density at radius 3 is 2.26 bits per heavy atom. The number of rotatable bonds is 1. The van der Waals surface area contributed by atoms with Gasteiger partial charge in [0, 0.05) is 12.6 Å². The highest BCUT2D eigenvalue weighted by atomic mass is 19.4. The Balaban J connectivity index is 2.27. The lowest BCUT2D eigenvalue weighted by molar-refractivity contribution is -0.210. The minimum absolute atomic E-state index is 0.0259. The molecule has 2 amide bonds. The number of carbonyl (C=O) groups excluding carboxylic acids is 2. The van der Waals surface area contributed by atoms with Crippen LogP contribution < -0.4 is 5.73 Å². The molecule has 0 aromatic carbocycles. The van der Waals surface area contributed by atoms with Gasteiger partial charge in [0.15, 0.2) is 0 Å². The van der Waals surface area contributed by atoms with E-state index < -0.39 is 29.4 Å². The van der Waals surface area contributed by atoms with E-state index in [-0.39, 0.29) is 31.7 Å². The number of primary amides is 1. The smallest absolute Gasteiger partial charge is 0.361 e. The summed E-state index contributed by atoms with van der Waals surface area (Å²) in [5, 5.41) is 0. The lowest BCUT2D eigenvalue weighted by atomic mass is 9.83. The molecule has 0 spiro atoms. The first-order valence-corrected chi connectivity index (χ1v) is 6.36. The van der Waals surface area contributed by atoms with Crippen LogP contribution in [0.4, 0.5) is 13.2 Å². The van der Waals surface area contributed by atoms with Crippen molar-refractivity contribution in [1.29, 1.82) is 0 Å². The fourth-order valence-corrected chi connectivity index (χ4v) is 3.03. The summed E-state index contributed by atoms with van der Waals surface area (Å²) in [4.78, 5) is 23.8. The van der Waals surface area contributed by atoms with Crippen LogP contribution in [0, 0.1) is 11.3 Å². The molecule has 4 nitrogen and oxygen atoms in total. The molecule has 2 N–H and O–H groups in total. The van der Waals surface area contributed by atoms with Crippen molar-refractivity contribution in [2.24, 2.45) is 17.1 Å². The number of hydrogen-bond acceptors (Lipinski definition) is 2. The minimum Gasteiger partial charge on any atom is -0.361 e. The van der Waals surface area contributed by atoms with Crippen molar-refractivity contribution < 1.29 is 22.8 Å². The maximum atomic E-state index is 13.2. The first kappa shape index (κ1) is 14.1. The van der Waals surface area contributed by atoms with Gasteiger partial charge in [-0.05, 0) is 31.6 Å². The number of hydrogen-bond donors (Lipinski definition) is 1. The van der Waals surface area contributed by atoms with E-state index in [1.807, 2.05) is 6.92 Å². The number of likely N-dealkylation sites (tertiary alicyclic amines) is 1. The molecule has 2 fully saturated rings. The van der Waals surface area contributed by atoms with Crippen molar-refractivity contribution in [2.45, 2.75) is 44.8 Å². The Hall–Kier alpha value is -1.27. The summed E-state index contributed by atoms with van der Waals surface area (Å²) >= 11 is 0. The van der Waals surface area contributed by atoms with E-state index in [0.717, 1.165) is 4.90 Å². The molecule has 0 aromatic rings. The Bertz CT molecular complexity index is 404. The van der Waals surface area contributed by atoms with E-state index in [0.29, 0.717) is 6.42 Å². The zero-order valence-electron chi connectivity index (χ0n) is 10.7. The molecule has 108 valence electrons. The van der Waals surface area contributed by atoms with E-state index in [2.05, 4.69) is 0 Å². The van der Waals surface area contributed by atoms with Gasteiger partial charge in [-0.15, -0.1) is 0 Å². The number of carbonyl (C=O) groups is 2. The van der Waals surface area contributed by atoms with Gasteiger partial charge in [-0.3, -0.25) is 9.59 Å². The molecule has 0 aromatic heterocycles. The predicted octanol–water partition coefficient (Wildman–Crippen LogP) is 1.44. The highest BCUT2D eigenvalue weighted by Gasteiger charge is 2.69. The van der Waals surface area contributed by atoms with Crippen LogP contribution in [-0.4, -0.2) is 35.5 Å². The molecule has 2 aliphatic rings. The predicted molar refractivity (Wildman–Crippen MR) is 60.8 cm³/mol. The molecule has 0 bridgehead atoms. The maximum Gasteiger partial charge on any atom is 0.396 e. The van der Waals surface area contributed by atoms with Crippen LogP contribution in [0.3, 0.4) is 0 Å². The standard InChI is InChI=1S/C12H17F3N2O2/c1-7-2-3-8(11(4-5-11)12(13,14)15)17(6-7)10(19)9(16)18/h7-8H,2-6H2,1H3,(H2,16,18). The summed E-state index contributed by atoms with van der Waals surface area (Å²) in [5.41, 5.74) is 3.11. The zero-order valence-corrected chi connectivity index (χ0v) is 10.7. The molecular formula is C12H17F3N2O2. The van der Waals surface area contributed by atoms with Gasteiger partial charge in [-0.25, -0.2) is 0 Å². The molecule has 1 saturated carbocycles. The first-order valence-electron chi connectivity index (χ1n) is 6.36. The van der Waals surface area contributed by atoms with Crippen LogP contribution in [0.25, 0.3) is 0 Å². The molecule has 1 aliphatic carbocycles. The second kappa shape index (κ2) is 4.38. The molecule has 2 unspecified atom stereocenters. The average Bonchev–Trinajstić information content (AvgIpc) is 3.08. The molecular weight excluding hydrogens is 261 g/mol. The van der Waals surface area contributed by atoms with Gasteiger partial charge < -0.3 is 10.6 Å². The number of piperidine rings is 1. The SMILES string of the molecule is CC1CCC(C2(C(F)(F)F)CC2)N(C(=O)C(N)=O)C1. The third-order valence-corrected chi connectivity index (χ3v) is 4.28. The lowest BCUT2D eigenvalue weighted by Crippen LogP contribution is -2.56. The van der Waals surface area contributed by atoms with Crippen LogP contribution in [0.2, 0.25) is 0 Å². The second-order valence-corrected chi connectivity index (χ2v) is 5.67. The molecule has 0 radical (unpaired) electrons. The summed E-state index contributed by atoms with van der Waals surface area (Å²) in [6, 6.07) is -0.941. The van der Waals surface area contributed by atoms with E-state index >= 15 is 0 Å². The molecule has 1 heterocycles. The van der Waals surface area contributed by atoms with E-state index in [4.69, 9.17) is 5.73 Å². The van der Waals surface area contributed by atoms with Crippen molar-refractivity contribution >= 4 is 11.8 Å². The Labute approximate surface area is 109 Å². The summed E-state index contributed by atoms with van der Waals surface area (Å²) in [5.74, 6) is -2.09. The second-order valence-electron chi connectivity index (χ2n) is 5.67. The normalized spacial score (nSPS) is 30.0. The van der Waals surface area contributed by atoms with Gasteiger partial charge in [0.2, 0.25) is 0 Å². The average molecular weight is 278 g/mol. The topological polar surface area (TPSA) is 63.4 Å². The Morgan fingerprint density at radius 2 is 1.84 bits per heavy atom. The molecule has 19 heavy (non-hydrogen) atoms. The minimum atomic E-state index is -4.34. The number of alkyl halides is 3. The van der Waals surface area contributed by atoms with Crippen LogP contribution in [-0.2, 0) is 9.59 Å². The maximum absolute atomic E-state index is 13.2. The van der Waals surface area contributed by atoms with Crippen LogP contribution in [0.15, 0.2) is 0 Å². The third-order valence-electron chi connectivity index (χ3n) is 4.28. The summed E-state index contributed by atoms with van der Waals surface area (Å²) in [7, 11) is 0. The highest BCUT2D eigenvalue weighted by Crippen LogP contribution is 2.62. The summed E-state index contributed by atoms with van der Waals surface area (Å²) in [6.07, 6.45) is -3.38. The summed E-state index contributed by atoms with van der Waals surface area (Å²) < 4.78 is 39.5. The molecule has 7 heteroatoms. The van der Waals surface area contributed by atoms with E-state index in [1.54, 1.807) is 0 Å². The van der Waals surface area contributed by atoms with Crippen LogP contribution in [0.5, 0.6) is 0 Å². The molecule has 1 aliphatic heterocycles. The molecule has 2 rings (SSSR count). The third kappa shape index (κ3) is 2.30. The van der Waals surface area contributed by atoms with E-state index in [9.17, 15) is 22.8 Å². The number of halogens is 3. The zero-order chi connectivity index (χ0) is 14.4. The number of nitrogens with two attached hydrogens (primary N) is 1. The van der Waals surface area contributed by atoms with Gasteiger partial charge in [0.1, 0.15) is 0 Å². The fraction of sp³-hybridized carbons (Fsp3) is 0.833. The van der Waals surface area contributed by atoms with Crippen molar-refractivity contribution in [1.82, 2.24) is 4.90 Å². The van der Waals surface area contributed by atoms with Gasteiger partial charge in [-0.2, -0.15) is 13.2 Å². The number of nitrogens with zero attached hydrogens (tertiary/aromatic N) is 1.